The van der Waals surface area contributed by atoms with Crippen molar-refractivity contribution >= 4 is 11.9 Å². The van der Waals surface area contributed by atoms with E-state index in [-0.39, 0.29) is 18.5 Å². The fraction of sp³-hybridized carbons (Fsp3) is 0.953. The van der Waals surface area contributed by atoms with Crippen LogP contribution in [0.3, 0.4) is 0 Å². The third-order valence-corrected chi connectivity index (χ3v) is 10.2. The summed E-state index contributed by atoms with van der Waals surface area (Å²) in [6.45, 7) is 15.4. The molecule has 0 unspecified atom stereocenters. The quantitative estimate of drug-likeness (QED) is 0.0512. The van der Waals surface area contributed by atoms with Gasteiger partial charge in [0, 0.05) is 19.6 Å². The van der Waals surface area contributed by atoms with Crippen molar-refractivity contribution in [2.45, 2.75) is 214 Å². The molecular weight excluding hydrogens is 610 g/mol. The van der Waals surface area contributed by atoms with Crippen LogP contribution in [0.4, 0.5) is 0 Å². The van der Waals surface area contributed by atoms with Crippen LogP contribution in [0.5, 0.6) is 0 Å². The second kappa shape index (κ2) is 35.3. The summed E-state index contributed by atoms with van der Waals surface area (Å²) in [4.78, 5) is 27.3. The molecule has 0 saturated heterocycles. The monoisotopic (exact) mass is 696 g/mol. The molecule has 1 N–H and O–H groups in total. The Morgan fingerprint density at radius 2 is 1.02 bits per heavy atom. The molecule has 6 heteroatoms. The first-order chi connectivity index (χ1) is 23.8. The van der Waals surface area contributed by atoms with Gasteiger partial charge in [-0.2, -0.15) is 0 Å². The van der Waals surface area contributed by atoms with Crippen LogP contribution >= 0.6 is 0 Å². The number of carbonyl (C=O) groups is 2. The second-order valence-corrected chi connectivity index (χ2v) is 15.6. The summed E-state index contributed by atoms with van der Waals surface area (Å²) in [5.74, 6) is 0.784. The van der Waals surface area contributed by atoms with Crippen molar-refractivity contribution < 1.29 is 24.2 Å². The zero-order valence-electron chi connectivity index (χ0n) is 33.6. The van der Waals surface area contributed by atoms with Gasteiger partial charge in [0.25, 0.3) is 0 Å². The fourth-order valence-electron chi connectivity index (χ4n) is 6.75. The Balaban J connectivity index is 3.96. The normalized spacial score (nSPS) is 11.9. The van der Waals surface area contributed by atoms with Gasteiger partial charge in [-0.25, -0.2) is 0 Å². The molecule has 0 rings (SSSR count). The van der Waals surface area contributed by atoms with Crippen molar-refractivity contribution in [2.24, 2.45) is 11.3 Å². The summed E-state index contributed by atoms with van der Waals surface area (Å²) in [7, 11) is 0. The number of hydrogen-bond donors (Lipinski definition) is 1. The molecule has 6 nitrogen and oxygen atoms in total. The van der Waals surface area contributed by atoms with Gasteiger partial charge in [0.05, 0.1) is 18.6 Å². The van der Waals surface area contributed by atoms with Crippen LogP contribution in [0.1, 0.15) is 214 Å². The van der Waals surface area contributed by atoms with E-state index in [2.05, 4.69) is 25.7 Å². The lowest BCUT2D eigenvalue weighted by molar-refractivity contribution is -0.154. The fourth-order valence-corrected chi connectivity index (χ4v) is 6.75. The number of esters is 2. The van der Waals surface area contributed by atoms with Crippen molar-refractivity contribution in [3.05, 3.63) is 0 Å². The molecule has 0 saturated carbocycles. The molecule has 0 bridgehead atoms. The molecule has 0 amide bonds. The van der Waals surface area contributed by atoms with Crippen LogP contribution in [-0.2, 0) is 19.1 Å². The average molecular weight is 696 g/mol. The number of aliphatic hydroxyl groups excluding tert-OH is 1. The van der Waals surface area contributed by atoms with E-state index in [0.29, 0.717) is 19.6 Å². The van der Waals surface area contributed by atoms with Crippen LogP contribution in [-0.4, -0.2) is 61.4 Å². The Morgan fingerprint density at radius 3 is 1.63 bits per heavy atom. The average Bonchev–Trinajstić information content (AvgIpc) is 3.09. The summed E-state index contributed by atoms with van der Waals surface area (Å²) in [6, 6.07) is 0. The van der Waals surface area contributed by atoms with Crippen molar-refractivity contribution in [2.75, 3.05) is 39.5 Å². The van der Waals surface area contributed by atoms with Gasteiger partial charge in [-0.3, -0.25) is 9.59 Å². The first-order valence-electron chi connectivity index (χ1n) is 21.5. The Labute approximate surface area is 305 Å². The SMILES string of the molecule is CCCCCCCCCOC(=O)CCCCCCCN(CCCO)CCCCCCC(C)(C)C(=O)OCCCCC(CCCC)CCCC. The Hall–Kier alpha value is -1.14. The maximum Gasteiger partial charge on any atom is 0.311 e. The van der Waals surface area contributed by atoms with E-state index in [1.807, 2.05) is 13.8 Å². The molecule has 0 aromatic heterocycles. The number of ether oxygens (including phenoxy) is 2. The van der Waals surface area contributed by atoms with Crippen molar-refractivity contribution in [1.82, 2.24) is 4.90 Å². The summed E-state index contributed by atoms with van der Waals surface area (Å²) >= 11 is 0. The Kier molecular flexibility index (Phi) is 34.5. The third kappa shape index (κ3) is 31.3. The lowest BCUT2D eigenvalue weighted by Gasteiger charge is -2.23. The highest BCUT2D eigenvalue weighted by atomic mass is 16.5. The van der Waals surface area contributed by atoms with Gasteiger partial charge in [0.15, 0.2) is 0 Å². The molecule has 0 aromatic rings. The molecule has 0 fully saturated rings. The van der Waals surface area contributed by atoms with Crippen LogP contribution < -0.4 is 0 Å². The number of aliphatic hydroxyl groups is 1. The predicted molar refractivity (Wildman–Crippen MR) is 209 cm³/mol. The van der Waals surface area contributed by atoms with Gasteiger partial charge in [-0.15, -0.1) is 0 Å². The van der Waals surface area contributed by atoms with Crippen molar-refractivity contribution in [3.8, 4) is 0 Å². The minimum Gasteiger partial charge on any atom is -0.466 e. The molecule has 0 radical (unpaired) electrons. The maximum atomic E-state index is 12.8. The van der Waals surface area contributed by atoms with E-state index in [1.165, 1.54) is 109 Å². The largest absolute Gasteiger partial charge is 0.466 e. The van der Waals surface area contributed by atoms with E-state index < -0.39 is 5.41 Å². The number of carbonyl (C=O) groups excluding carboxylic acids is 2. The molecule has 0 aliphatic heterocycles. The van der Waals surface area contributed by atoms with E-state index in [1.54, 1.807) is 0 Å². The topological polar surface area (TPSA) is 76.1 Å². The first kappa shape index (κ1) is 47.9. The Bertz CT molecular complexity index is 719. The molecule has 292 valence electrons. The summed E-state index contributed by atoms with van der Waals surface area (Å²) in [6.07, 6.45) is 32.4. The molecule has 49 heavy (non-hydrogen) atoms. The van der Waals surface area contributed by atoms with Crippen LogP contribution in [0.25, 0.3) is 0 Å². The maximum absolute atomic E-state index is 12.8. The lowest BCUT2D eigenvalue weighted by Crippen LogP contribution is -2.28. The van der Waals surface area contributed by atoms with E-state index >= 15 is 0 Å². The van der Waals surface area contributed by atoms with Gasteiger partial charge >= 0.3 is 11.9 Å². The van der Waals surface area contributed by atoms with E-state index in [0.717, 1.165) is 89.8 Å². The smallest absolute Gasteiger partial charge is 0.311 e. The summed E-state index contributed by atoms with van der Waals surface area (Å²) < 4.78 is 11.1. The van der Waals surface area contributed by atoms with Crippen LogP contribution in [0.15, 0.2) is 0 Å². The molecule has 0 heterocycles. The first-order valence-corrected chi connectivity index (χ1v) is 21.5. The summed E-state index contributed by atoms with van der Waals surface area (Å²) in [5, 5.41) is 9.37. The highest BCUT2D eigenvalue weighted by Crippen LogP contribution is 2.27. The highest BCUT2D eigenvalue weighted by Gasteiger charge is 2.28. The van der Waals surface area contributed by atoms with Gasteiger partial charge in [0.2, 0.25) is 0 Å². The van der Waals surface area contributed by atoms with Gasteiger partial charge in [0.1, 0.15) is 0 Å². The number of rotatable bonds is 38. The molecule has 0 aliphatic carbocycles. The van der Waals surface area contributed by atoms with Gasteiger partial charge in [-0.1, -0.05) is 143 Å². The van der Waals surface area contributed by atoms with Crippen molar-refractivity contribution in [3.63, 3.8) is 0 Å². The van der Waals surface area contributed by atoms with Crippen LogP contribution in [0, 0.1) is 11.3 Å². The van der Waals surface area contributed by atoms with Crippen LogP contribution in [0.2, 0.25) is 0 Å². The molecule has 0 aromatic carbocycles. The standard InChI is InChI=1S/C43H85NO5/c1-6-9-12-13-14-20-26-38-48-41(46)32-21-16-15-18-24-34-44(36-28-37-45)35-25-19-17-23-33-43(4,5)42(47)49-39-27-22-31-40(29-10-7-2)30-11-8-3/h40,45H,6-39H2,1-5H3. The Morgan fingerprint density at radius 1 is 0.551 bits per heavy atom. The number of unbranched alkanes of at least 4 members (excludes halogenated alkanes) is 16. The summed E-state index contributed by atoms with van der Waals surface area (Å²) in [5.41, 5.74) is -0.411. The van der Waals surface area contributed by atoms with E-state index in [9.17, 15) is 14.7 Å². The van der Waals surface area contributed by atoms with Gasteiger partial charge < -0.3 is 19.5 Å². The minimum absolute atomic E-state index is 0.0285. The zero-order chi connectivity index (χ0) is 36.3. The molecule has 0 atom stereocenters. The highest BCUT2D eigenvalue weighted by molar-refractivity contribution is 5.75. The predicted octanol–water partition coefficient (Wildman–Crippen LogP) is 12.0. The minimum atomic E-state index is -0.411. The number of nitrogens with zero attached hydrogens (tertiary/aromatic N) is 1. The zero-order valence-corrected chi connectivity index (χ0v) is 33.6. The number of hydrogen-bond acceptors (Lipinski definition) is 6. The molecular formula is C43H85NO5. The lowest BCUT2D eigenvalue weighted by atomic mass is 9.87. The second-order valence-electron chi connectivity index (χ2n) is 15.6. The third-order valence-electron chi connectivity index (χ3n) is 10.2. The molecule has 0 aliphatic rings. The molecule has 0 spiro atoms. The van der Waals surface area contributed by atoms with E-state index in [4.69, 9.17) is 9.47 Å². The van der Waals surface area contributed by atoms with Crippen molar-refractivity contribution in [1.29, 1.82) is 0 Å². The van der Waals surface area contributed by atoms with Gasteiger partial charge in [-0.05, 0) is 84.2 Å².